The van der Waals surface area contributed by atoms with Crippen LogP contribution in [-0.2, 0) is 10.0 Å². The number of nitrogens with zero attached hydrogens (tertiary/aromatic N) is 1. The van der Waals surface area contributed by atoms with Gasteiger partial charge in [0.1, 0.15) is 5.82 Å². The third-order valence-corrected chi connectivity index (χ3v) is 4.20. The van der Waals surface area contributed by atoms with E-state index in [1.807, 2.05) is 13.8 Å². The first-order chi connectivity index (χ1) is 7.94. The van der Waals surface area contributed by atoms with Gasteiger partial charge in [-0.3, -0.25) is 4.72 Å². The lowest BCUT2D eigenvalue weighted by Gasteiger charge is -2.08. The number of hydrogen-bond donors (Lipinski definition) is 2. The Hall–Kier alpha value is -0.660. The van der Waals surface area contributed by atoms with Crippen LogP contribution in [-0.4, -0.2) is 32.2 Å². The maximum atomic E-state index is 11.7. The van der Waals surface area contributed by atoms with Gasteiger partial charge < -0.3 is 5.32 Å². The van der Waals surface area contributed by atoms with Crippen LogP contribution in [0.5, 0.6) is 0 Å². The van der Waals surface area contributed by atoms with E-state index in [4.69, 9.17) is 0 Å². The fraction of sp³-hybridized carbons (Fsp3) is 0.500. The summed E-state index contributed by atoms with van der Waals surface area (Å²) in [7, 11) is -3.33. The maximum Gasteiger partial charge on any atom is 0.235 e. The van der Waals surface area contributed by atoms with Crippen molar-refractivity contribution in [2.45, 2.75) is 13.8 Å². The Labute approximate surface area is 110 Å². The molecule has 2 N–H and O–H groups in total. The summed E-state index contributed by atoms with van der Waals surface area (Å²) < 4.78 is 26.6. The van der Waals surface area contributed by atoms with Crippen LogP contribution in [0.4, 0.5) is 5.82 Å². The van der Waals surface area contributed by atoms with Crippen LogP contribution in [0.2, 0.25) is 0 Å². The number of aryl methyl sites for hydroxylation is 1. The molecule has 17 heavy (non-hydrogen) atoms. The first kappa shape index (κ1) is 14.4. The van der Waals surface area contributed by atoms with Gasteiger partial charge in [-0.2, -0.15) is 0 Å². The van der Waals surface area contributed by atoms with Gasteiger partial charge in [-0.15, -0.1) is 0 Å². The van der Waals surface area contributed by atoms with Gasteiger partial charge in [0.15, 0.2) is 0 Å². The minimum absolute atomic E-state index is 0.0393. The first-order valence-corrected chi connectivity index (χ1v) is 7.72. The van der Waals surface area contributed by atoms with Crippen LogP contribution >= 0.6 is 15.9 Å². The number of aromatic nitrogens is 1. The SMILES string of the molecule is CCNCCS(=O)(=O)Nc1cc(C)c(Br)cn1. The number of anilines is 1. The number of halogens is 1. The summed E-state index contributed by atoms with van der Waals surface area (Å²) in [5.74, 6) is 0.389. The Bertz CT molecular complexity index is 476. The van der Waals surface area contributed by atoms with Gasteiger partial charge in [-0.05, 0) is 41.0 Å². The quantitative estimate of drug-likeness (QED) is 0.779. The van der Waals surface area contributed by atoms with E-state index in [-0.39, 0.29) is 5.75 Å². The molecule has 0 aliphatic heterocycles. The maximum absolute atomic E-state index is 11.7. The predicted molar refractivity (Wildman–Crippen MR) is 72.6 cm³/mol. The van der Waals surface area contributed by atoms with E-state index in [2.05, 4.69) is 31.0 Å². The van der Waals surface area contributed by atoms with Crippen molar-refractivity contribution in [1.82, 2.24) is 10.3 Å². The topological polar surface area (TPSA) is 71.1 Å². The summed E-state index contributed by atoms with van der Waals surface area (Å²) in [6.07, 6.45) is 1.58. The monoisotopic (exact) mass is 321 g/mol. The first-order valence-electron chi connectivity index (χ1n) is 5.28. The Balaban J connectivity index is 2.66. The summed E-state index contributed by atoms with van der Waals surface area (Å²) in [5.41, 5.74) is 0.935. The van der Waals surface area contributed by atoms with E-state index in [1.54, 1.807) is 12.3 Å². The van der Waals surface area contributed by atoms with Gasteiger partial charge in [0.2, 0.25) is 10.0 Å². The molecule has 1 heterocycles. The molecule has 0 atom stereocenters. The molecule has 5 nitrogen and oxygen atoms in total. The Morgan fingerprint density at radius 3 is 2.76 bits per heavy atom. The summed E-state index contributed by atoms with van der Waals surface area (Å²) in [6.45, 7) is 4.99. The summed E-state index contributed by atoms with van der Waals surface area (Å²) in [5, 5.41) is 2.96. The van der Waals surface area contributed by atoms with Crippen molar-refractivity contribution in [3.05, 3.63) is 22.3 Å². The van der Waals surface area contributed by atoms with E-state index >= 15 is 0 Å². The van der Waals surface area contributed by atoms with E-state index in [1.165, 1.54) is 0 Å². The smallest absolute Gasteiger partial charge is 0.235 e. The number of hydrogen-bond acceptors (Lipinski definition) is 4. The zero-order valence-electron chi connectivity index (χ0n) is 9.83. The molecule has 0 aliphatic carbocycles. The van der Waals surface area contributed by atoms with Crippen LogP contribution in [0.15, 0.2) is 16.7 Å². The minimum Gasteiger partial charge on any atom is -0.316 e. The van der Waals surface area contributed by atoms with Crippen molar-refractivity contribution in [3.63, 3.8) is 0 Å². The van der Waals surface area contributed by atoms with Crippen molar-refractivity contribution in [2.24, 2.45) is 0 Å². The zero-order chi connectivity index (χ0) is 12.9. The predicted octanol–water partition coefficient (Wildman–Crippen LogP) is 1.50. The van der Waals surface area contributed by atoms with Crippen LogP contribution in [0.25, 0.3) is 0 Å². The molecule has 0 fully saturated rings. The van der Waals surface area contributed by atoms with E-state index in [0.29, 0.717) is 12.4 Å². The van der Waals surface area contributed by atoms with Gasteiger partial charge in [0.25, 0.3) is 0 Å². The Morgan fingerprint density at radius 1 is 1.47 bits per heavy atom. The normalized spacial score (nSPS) is 11.5. The van der Waals surface area contributed by atoms with Crippen molar-refractivity contribution in [3.8, 4) is 0 Å². The molecule has 0 radical (unpaired) electrons. The molecule has 0 saturated heterocycles. The highest BCUT2D eigenvalue weighted by Gasteiger charge is 2.11. The minimum atomic E-state index is -3.33. The lowest BCUT2D eigenvalue weighted by molar-refractivity contribution is 0.597. The lowest BCUT2D eigenvalue weighted by atomic mass is 10.3. The van der Waals surface area contributed by atoms with Crippen molar-refractivity contribution in [2.75, 3.05) is 23.6 Å². The van der Waals surface area contributed by atoms with E-state index in [9.17, 15) is 8.42 Å². The molecule has 1 aromatic heterocycles. The molecular weight excluding hydrogens is 306 g/mol. The molecule has 7 heteroatoms. The molecule has 96 valence electrons. The van der Waals surface area contributed by atoms with Gasteiger partial charge in [-0.25, -0.2) is 13.4 Å². The average molecular weight is 322 g/mol. The third kappa shape index (κ3) is 5.01. The largest absolute Gasteiger partial charge is 0.316 e. The van der Waals surface area contributed by atoms with Crippen molar-refractivity contribution < 1.29 is 8.42 Å². The molecule has 1 rings (SSSR count). The number of sulfonamides is 1. The number of nitrogens with one attached hydrogen (secondary N) is 2. The molecule has 0 aromatic carbocycles. The molecule has 1 aromatic rings. The van der Waals surface area contributed by atoms with Crippen molar-refractivity contribution in [1.29, 1.82) is 0 Å². The van der Waals surface area contributed by atoms with E-state index in [0.717, 1.165) is 16.6 Å². The summed E-state index contributed by atoms with van der Waals surface area (Å²) in [4.78, 5) is 3.99. The van der Waals surface area contributed by atoms with Gasteiger partial charge in [-0.1, -0.05) is 6.92 Å². The standard InChI is InChI=1S/C10H16BrN3O2S/c1-3-12-4-5-17(15,16)14-10-6-8(2)9(11)7-13-10/h6-7,12H,3-5H2,1-2H3,(H,13,14). The summed E-state index contributed by atoms with van der Waals surface area (Å²) in [6, 6.07) is 1.69. The van der Waals surface area contributed by atoms with Crippen LogP contribution in [0.1, 0.15) is 12.5 Å². The number of rotatable bonds is 6. The Kier molecular flexibility index (Phi) is 5.35. The second kappa shape index (κ2) is 6.32. The second-order valence-corrected chi connectivity index (χ2v) is 6.29. The van der Waals surface area contributed by atoms with Gasteiger partial charge >= 0.3 is 0 Å². The molecule has 0 unspecified atom stereocenters. The third-order valence-electron chi connectivity index (χ3n) is 2.10. The fourth-order valence-corrected chi connectivity index (χ4v) is 2.35. The van der Waals surface area contributed by atoms with Crippen LogP contribution < -0.4 is 10.0 Å². The highest BCUT2D eigenvalue weighted by Crippen LogP contribution is 2.17. The van der Waals surface area contributed by atoms with Crippen LogP contribution in [0.3, 0.4) is 0 Å². The molecular formula is C10H16BrN3O2S. The molecule has 0 saturated carbocycles. The van der Waals surface area contributed by atoms with Gasteiger partial charge in [0.05, 0.1) is 5.75 Å². The highest BCUT2D eigenvalue weighted by molar-refractivity contribution is 9.10. The lowest BCUT2D eigenvalue weighted by Crippen LogP contribution is -2.26. The highest BCUT2D eigenvalue weighted by atomic mass is 79.9. The number of pyridine rings is 1. The van der Waals surface area contributed by atoms with Crippen LogP contribution in [0, 0.1) is 6.92 Å². The second-order valence-electron chi connectivity index (χ2n) is 3.59. The van der Waals surface area contributed by atoms with Gasteiger partial charge in [0, 0.05) is 17.2 Å². The molecule has 0 spiro atoms. The molecule has 0 bridgehead atoms. The fourth-order valence-electron chi connectivity index (χ4n) is 1.19. The molecule has 0 aliphatic rings. The molecule has 0 amide bonds. The zero-order valence-corrected chi connectivity index (χ0v) is 12.2. The van der Waals surface area contributed by atoms with Crippen molar-refractivity contribution >= 4 is 31.8 Å². The summed E-state index contributed by atoms with van der Waals surface area (Å²) >= 11 is 3.31. The average Bonchev–Trinajstić information content (AvgIpc) is 2.23. The van der Waals surface area contributed by atoms with E-state index < -0.39 is 10.0 Å². The Morgan fingerprint density at radius 2 is 2.18 bits per heavy atom.